The second-order valence-corrected chi connectivity index (χ2v) is 8.79. The fraction of sp³-hybridized carbons (Fsp3) is 0.600. The molecule has 2 unspecified atom stereocenters. The Morgan fingerprint density at radius 3 is 2.57 bits per heavy atom. The number of fused-ring (bicyclic) bond motifs is 1. The number of hydrogen-bond acceptors (Lipinski definition) is 2. The van der Waals surface area contributed by atoms with E-state index in [2.05, 4.69) is 15.9 Å². The zero-order valence-corrected chi connectivity index (χ0v) is 14.2. The van der Waals surface area contributed by atoms with Crippen LogP contribution in [0.2, 0.25) is 0 Å². The highest BCUT2D eigenvalue weighted by atomic mass is 79.9. The Morgan fingerprint density at radius 2 is 1.86 bits per heavy atom. The van der Waals surface area contributed by atoms with Gasteiger partial charge in [-0.2, -0.15) is 4.31 Å². The van der Waals surface area contributed by atoms with E-state index >= 15 is 0 Å². The standard InChI is InChI=1S/C15H19BrFNO2S/c16-14-9-13(17)5-6-15(14)21(19,20)18-8-7-11-3-1-2-4-12(11)10-18/h5-6,9,11-12H,1-4,7-8,10H2. The molecule has 0 N–H and O–H groups in total. The number of piperidine rings is 1. The van der Waals surface area contributed by atoms with E-state index in [1.807, 2.05) is 0 Å². The summed E-state index contributed by atoms with van der Waals surface area (Å²) < 4.78 is 40.6. The topological polar surface area (TPSA) is 37.4 Å². The SMILES string of the molecule is O=S(=O)(c1ccc(F)cc1Br)N1CCC2CCCCC2C1. The van der Waals surface area contributed by atoms with Crippen molar-refractivity contribution in [3.8, 4) is 0 Å². The van der Waals surface area contributed by atoms with Crippen LogP contribution in [-0.4, -0.2) is 25.8 Å². The highest BCUT2D eigenvalue weighted by Crippen LogP contribution is 2.38. The smallest absolute Gasteiger partial charge is 0.207 e. The molecule has 1 aliphatic carbocycles. The van der Waals surface area contributed by atoms with Crippen LogP contribution in [0.25, 0.3) is 0 Å². The van der Waals surface area contributed by atoms with Crippen molar-refractivity contribution in [2.24, 2.45) is 11.8 Å². The minimum absolute atomic E-state index is 0.165. The Bertz CT molecular complexity index is 635. The number of benzene rings is 1. The molecule has 1 aromatic carbocycles. The van der Waals surface area contributed by atoms with E-state index in [1.165, 1.54) is 37.5 Å². The molecule has 0 spiro atoms. The van der Waals surface area contributed by atoms with Gasteiger partial charge in [0.05, 0.1) is 4.90 Å². The van der Waals surface area contributed by atoms with E-state index in [9.17, 15) is 12.8 Å². The zero-order chi connectivity index (χ0) is 15.0. The van der Waals surface area contributed by atoms with Crippen molar-refractivity contribution < 1.29 is 12.8 Å². The van der Waals surface area contributed by atoms with Crippen molar-refractivity contribution in [3.05, 3.63) is 28.5 Å². The van der Waals surface area contributed by atoms with Crippen LogP contribution in [0, 0.1) is 17.7 Å². The number of rotatable bonds is 2. The molecule has 2 atom stereocenters. The van der Waals surface area contributed by atoms with Gasteiger partial charge in [-0.05, 0) is 58.8 Å². The van der Waals surface area contributed by atoms with Gasteiger partial charge in [-0.25, -0.2) is 12.8 Å². The maximum absolute atomic E-state index is 13.2. The molecular formula is C15H19BrFNO2S. The fourth-order valence-corrected chi connectivity index (χ4v) is 6.13. The second-order valence-electron chi connectivity index (χ2n) is 6.03. The summed E-state index contributed by atoms with van der Waals surface area (Å²) in [6.07, 6.45) is 5.79. The first kappa shape index (κ1) is 15.4. The molecular weight excluding hydrogens is 357 g/mol. The molecule has 1 aromatic rings. The van der Waals surface area contributed by atoms with Crippen LogP contribution in [0.3, 0.4) is 0 Å². The van der Waals surface area contributed by atoms with Gasteiger partial charge in [0.15, 0.2) is 0 Å². The van der Waals surface area contributed by atoms with Crippen molar-refractivity contribution in [2.75, 3.05) is 13.1 Å². The molecule has 1 saturated carbocycles. The van der Waals surface area contributed by atoms with Crippen LogP contribution >= 0.6 is 15.9 Å². The molecule has 0 amide bonds. The average molecular weight is 376 g/mol. The molecule has 1 heterocycles. The summed E-state index contributed by atoms with van der Waals surface area (Å²) in [6, 6.07) is 3.76. The highest BCUT2D eigenvalue weighted by Gasteiger charge is 2.37. The molecule has 2 aliphatic rings. The summed E-state index contributed by atoms with van der Waals surface area (Å²) in [5, 5.41) is 0. The van der Waals surface area contributed by atoms with Gasteiger partial charge in [0.1, 0.15) is 5.82 Å². The fourth-order valence-electron chi connectivity index (χ4n) is 3.61. The zero-order valence-electron chi connectivity index (χ0n) is 11.8. The van der Waals surface area contributed by atoms with Gasteiger partial charge in [0, 0.05) is 17.6 Å². The Morgan fingerprint density at radius 1 is 1.14 bits per heavy atom. The lowest BCUT2D eigenvalue weighted by Gasteiger charge is -2.40. The Hall–Kier alpha value is -0.460. The maximum Gasteiger partial charge on any atom is 0.244 e. The van der Waals surface area contributed by atoms with Crippen LogP contribution in [-0.2, 0) is 10.0 Å². The van der Waals surface area contributed by atoms with Gasteiger partial charge < -0.3 is 0 Å². The second kappa shape index (κ2) is 5.97. The first-order valence-electron chi connectivity index (χ1n) is 7.43. The summed E-state index contributed by atoms with van der Waals surface area (Å²) in [4.78, 5) is 0.165. The summed E-state index contributed by atoms with van der Waals surface area (Å²) in [5.74, 6) is 0.732. The molecule has 1 saturated heterocycles. The molecule has 0 radical (unpaired) electrons. The molecule has 0 bridgehead atoms. The monoisotopic (exact) mass is 375 g/mol. The summed E-state index contributed by atoms with van der Waals surface area (Å²) in [7, 11) is -3.54. The van der Waals surface area contributed by atoms with Gasteiger partial charge in [0.25, 0.3) is 0 Å². The number of halogens is 2. The number of nitrogens with zero attached hydrogens (tertiary/aromatic N) is 1. The van der Waals surface area contributed by atoms with E-state index in [4.69, 9.17) is 0 Å². The third-order valence-corrected chi connectivity index (χ3v) is 7.61. The van der Waals surface area contributed by atoms with E-state index < -0.39 is 15.8 Å². The predicted molar refractivity (Wildman–Crippen MR) is 82.9 cm³/mol. The van der Waals surface area contributed by atoms with Gasteiger partial charge in [-0.1, -0.05) is 19.3 Å². The van der Waals surface area contributed by atoms with Crippen LogP contribution in [0.15, 0.2) is 27.6 Å². The summed E-state index contributed by atoms with van der Waals surface area (Å²) in [6.45, 7) is 1.18. The first-order valence-corrected chi connectivity index (χ1v) is 9.67. The van der Waals surface area contributed by atoms with Crippen molar-refractivity contribution in [3.63, 3.8) is 0 Å². The number of sulfonamides is 1. The Balaban J connectivity index is 1.85. The largest absolute Gasteiger partial charge is 0.244 e. The average Bonchev–Trinajstić information content (AvgIpc) is 2.46. The minimum Gasteiger partial charge on any atom is -0.207 e. The molecule has 2 fully saturated rings. The summed E-state index contributed by atoms with van der Waals surface area (Å²) >= 11 is 3.17. The molecule has 3 rings (SSSR count). The maximum atomic E-state index is 13.2. The van der Waals surface area contributed by atoms with Gasteiger partial charge in [-0.3, -0.25) is 0 Å². The van der Waals surface area contributed by atoms with Crippen molar-refractivity contribution in [1.82, 2.24) is 4.31 Å². The lowest BCUT2D eigenvalue weighted by molar-refractivity contribution is 0.136. The van der Waals surface area contributed by atoms with E-state index in [0.29, 0.717) is 29.4 Å². The number of hydrogen-bond donors (Lipinski definition) is 0. The Kier molecular flexibility index (Phi) is 4.39. The summed E-state index contributed by atoms with van der Waals surface area (Å²) in [5.41, 5.74) is 0. The van der Waals surface area contributed by atoms with Gasteiger partial charge >= 0.3 is 0 Å². The molecule has 3 nitrogen and oxygen atoms in total. The first-order chi connectivity index (χ1) is 9.98. The van der Waals surface area contributed by atoms with E-state index in [-0.39, 0.29) is 4.90 Å². The van der Waals surface area contributed by atoms with Crippen molar-refractivity contribution in [2.45, 2.75) is 37.0 Å². The van der Waals surface area contributed by atoms with Gasteiger partial charge in [0.2, 0.25) is 10.0 Å². The van der Waals surface area contributed by atoms with Crippen LogP contribution < -0.4 is 0 Å². The predicted octanol–water partition coefficient (Wildman–Crippen LogP) is 3.79. The van der Waals surface area contributed by atoms with E-state index in [0.717, 1.165) is 12.8 Å². The minimum atomic E-state index is -3.54. The third-order valence-electron chi connectivity index (χ3n) is 4.77. The lowest BCUT2D eigenvalue weighted by atomic mass is 9.76. The van der Waals surface area contributed by atoms with Crippen LogP contribution in [0.5, 0.6) is 0 Å². The quantitative estimate of drug-likeness (QED) is 0.788. The molecule has 21 heavy (non-hydrogen) atoms. The Labute approximate surface area is 133 Å². The normalized spacial score (nSPS) is 27.3. The molecule has 116 valence electrons. The van der Waals surface area contributed by atoms with Crippen LogP contribution in [0.4, 0.5) is 4.39 Å². The third kappa shape index (κ3) is 3.03. The molecule has 6 heteroatoms. The van der Waals surface area contributed by atoms with E-state index in [1.54, 1.807) is 4.31 Å². The highest BCUT2D eigenvalue weighted by molar-refractivity contribution is 9.10. The lowest BCUT2D eigenvalue weighted by Crippen LogP contribution is -2.44. The molecule has 1 aliphatic heterocycles. The molecule has 0 aromatic heterocycles. The van der Waals surface area contributed by atoms with Crippen LogP contribution in [0.1, 0.15) is 32.1 Å². The van der Waals surface area contributed by atoms with Crippen molar-refractivity contribution in [1.29, 1.82) is 0 Å². The van der Waals surface area contributed by atoms with Crippen molar-refractivity contribution >= 4 is 26.0 Å². The van der Waals surface area contributed by atoms with Gasteiger partial charge in [-0.15, -0.1) is 0 Å².